The van der Waals surface area contributed by atoms with Gasteiger partial charge in [-0.15, -0.1) is 0 Å². The molecule has 0 radical (unpaired) electrons. The van der Waals surface area contributed by atoms with Crippen LogP contribution in [0.4, 0.5) is 0 Å². The number of ether oxygens (including phenoxy) is 2. The van der Waals surface area contributed by atoms with Gasteiger partial charge in [-0.1, -0.05) is 63.8 Å². The van der Waals surface area contributed by atoms with E-state index < -0.39 is 5.41 Å². The number of fused-ring (bicyclic) bond motifs is 3. The fraction of sp³-hybridized carbons (Fsp3) is 0.543. The summed E-state index contributed by atoms with van der Waals surface area (Å²) in [4.78, 5) is 51.6. The van der Waals surface area contributed by atoms with Crippen LogP contribution in [0.25, 0.3) is 11.1 Å². The molecule has 0 unspecified atom stereocenters. The Kier molecular flexibility index (Phi) is 12.3. The van der Waals surface area contributed by atoms with Gasteiger partial charge in [-0.2, -0.15) is 0 Å². The van der Waals surface area contributed by atoms with E-state index in [1.54, 1.807) is 13.8 Å². The molecule has 0 spiro atoms. The SMILES string of the molecule is CCCCCC(=O)c1ccc2c(c1)C(CCC(=O)OCC)(CCC(=O)OCC)c1cc(C(=O)CCCCC)ccc1-2. The first-order valence-electron chi connectivity index (χ1n) is 15.5. The third-order valence-corrected chi connectivity index (χ3v) is 8.14. The molecule has 41 heavy (non-hydrogen) atoms. The van der Waals surface area contributed by atoms with Crippen LogP contribution in [0, 0.1) is 0 Å². The Balaban J connectivity index is 2.13. The van der Waals surface area contributed by atoms with Crippen LogP contribution in [0.2, 0.25) is 0 Å². The molecule has 0 heterocycles. The summed E-state index contributed by atoms with van der Waals surface area (Å²) in [6.07, 6.45) is 7.81. The third-order valence-electron chi connectivity index (χ3n) is 8.14. The molecule has 0 saturated carbocycles. The Morgan fingerprint density at radius 2 is 1.00 bits per heavy atom. The van der Waals surface area contributed by atoms with E-state index in [1.165, 1.54) is 0 Å². The number of Topliss-reactive ketones (excluding diaryl/α,β-unsaturated/α-hetero) is 2. The Bertz CT molecular complexity index is 1130. The van der Waals surface area contributed by atoms with Gasteiger partial charge in [0.05, 0.1) is 13.2 Å². The molecule has 0 fully saturated rings. The van der Waals surface area contributed by atoms with Gasteiger partial charge in [-0.3, -0.25) is 19.2 Å². The maximum Gasteiger partial charge on any atom is 0.305 e. The van der Waals surface area contributed by atoms with E-state index in [1.807, 2.05) is 36.4 Å². The molecule has 3 rings (SSSR count). The van der Waals surface area contributed by atoms with Crippen LogP contribution < -0.4 is 0 Å². The summed E-state index contributed by atoms with van der Waals surface area (Å²) in [6.45, 7) is 8.36. The van der Waals surface area contributed by atoms with Gasteiger partial charge in [-0.05, 0) is 73.9 Å². The fourth-order valence-corrected chi connectivity index (χ4v) is 5.96. The van der Waals surface area contributed by atoms with Gasteiger partial charge in [0.25, 0.3) is 0 Å². The molecule has 0 N–H and O–H groups in total. The molecule has 0 atom stereocenters. The van der Waals surface area contributed by atoms with Crippen molar-refractivity contribution in [1.82, 2.24) is 0 Å². The van der Waals surface area contributed by atoms with Crippen LogP contribution in [0.5, 0.6) is 0 Å². The highest BCUT2D eigenvalue weighted by atomic mass is 16.5. The molecule has 0 aliphatic heterocycles. The second-order valence-corrected chi connectivity index (χ2v) is 11.0. The quantitative estimate of drug-likeness (QED) is 0.103. The zero-order valence-electron chi connectivity index (χ0n) is 25.3. The minimum atomic E-state index is -0.746. The van der Waals surface area contributed by atoms with Crippen molar-refractivity contribution < 1.29 is 28.7 Å². The Morgan fingerprint density at radius 1 is 0.585 bits per heavy atom. The second kappa shape index (κ2) is 15.6. The van der Waals surface area contributed by atoms with E-state index in [4.69, 9.17) is 9.47 Å². The zero-order valence-corrected chi connectivity index (χ0v) is 25.3. The van der Waals surface area contributed by atoms with Gasteiger partial charge in [-0.25, -0.2) is 0 Å². The smallest absolute Gasteiger partial charge is 0.305 e. The van der Waals surface area contributed by atoms with Crippen LogP contribution in [-0.4, -0.2) is 36.7 Å². The van der Waals surface area contributed by atoms with Crippen LogP contribution >= 0.6 is 0 Å². The van der Waals surface area contributed by atoms with Crippen molar-refractivity contribution in [2.24, 2.45) is 0 Å². The Labute approximate surface area is 245 Å². The normalized spacial score (nSPS) is 12.9. The van der Waals surface area contributed by atoms with Crippen molar-refractivity contribution in [2.75, 3.05) is 13.2 Å². The summed E-state index contributed by atoms with van der Waals surface area (Å²) >= 11 is 0. The molecule has 0 amide bonds. The van der Waals surface area contributed by atoms with Crippen molar-refractivity contribution in [3.63, 3.8) is 0 Å². The number of unbranched alkanes of at least 4 members (excludes halogenated alkanes) is 4. The number of hydrogen-bond acceptors (Lipinski definition) is 6. The highest BCUT2D eigenvalue weighted by molar-refractivity contribution is 5.99. The summed E-state index contributed by atoms with van der Waals surface area (Å²) in [5.41, 5.74) is 4.34. The number of hydrogen-bond donors (Lipinski definition) is 0. The van der Waals surface area contributed by atoms with E-state index in [9.17, 15) is 19.2 Å². The molecule has 0 aromatic heterocycles. The summed E-state index contributed by atoms with van der Waals surface area (Å²) in [5, 5.41) is 0. The minimum Gasteiger partial charge on any atom is -0.466 e. The molecule has 6 nitrogen and oxygen atoms in total. The minimum absolute atomic E-state index is 0.0914. The van der Waals surface area contributed by atoms with Crippen LogP contribution in [0.3, 0.4) is 0 Å². The maximum atomic E-state index is 13.2. The number of ketones is 2. The van der Waals surface area contributed by atoms with Gasteiger partial charge in [0.15, 0.2) is 11.6 Å². The maximum absolute atomic E-state index is 13.2. The Morgan fingerprint density at radius 3 is 1.37 bits per heavy atom. The lowest BCUT2D eigenvalue weighted by Gasteiger charge is -2.32. The van der Waals surface area contributed by atoms with Gasteiger partial charge in [0, 0.05) is 42.2 Å². The van der Waals surface area contributed by atoms with Crippen LogP contribution in [0.15, 0.2) is 36.4 Å². The molecule has 2 aromatic rings. The van der Waals surface area contributed by atoms with Gasteiger partial charge in [0.2, 0.25) is 0 Å². The summed E-state index contributed by atoms with van der Waals surface area (Å²) in [5.74, 6) is -0.435. The zero-order chi connectivity index (χ0) is 29.8. The highest BCUT2D eigenvalue weighted by Gasteiger charge is 2.44. The summed E-state index contributed by atoms with van der Waals surface area (Å²) in [6, 6.07) is 11.7. The molecule has 0 bridgehead atoms. The third kappa shape index (κ3) is 7.93. The number of rotatable bonds is 18. The lowest BCUT2D eigenvalue weighted by molar-refractivity contribution is -0.143. The molecule has 6 heteroatoms. The first-order valence-corrected chi connectivity index (χ1v) is 15.5. The van der Waals surface area contributed by atoms with Crippen molar-refractivity contribution in [3.05, 3.63) is 58.7 Å². The van der Waals surface area contributed by atoms with Crippen molar-refractivity contribution in [2.45, 2.75) is 110 Å². The standard InChI is InChI=1S/C35H46O6/c1-5-9-11-13-31(36)25-15-17-27-28-18-16-26(32(37)14-12-10-6-2)24-30(28)35(29(27)23-25,21-19-33(38)40-7-3)22-20-34(39)41-8-4/h15-18,23-24H,5-14,19-22H2,1-4H3. The lowest BCUT2D eigenvalue weighted by Crippen LogP contribution is -2.29. The number of carbonyl (C=O) groups excluding carboxylic acids is 4. The monoisotopic (exact) mass is 562 g/mol. The number of benzene rings is 2. The Hall–Kier alpha value is -3.28. The predicted molar refractivity (Wildman–Crippen MR) is 161 cm³/mol. The van der Waals surface area contributed by atoms with E-state index >= 15 is 0 Å². The molecule has 0 saturated heterocycles. The molecule has 1 aliphatic rings. The van der Waals surface area contributed by atoms with Crippen molar-refractivity contribution >= 4 is 23.5 Å². The predicted octanol–water partition coefficient (Wildman–Crippen LogP) is 8.17. The highest BCUT2D eigenvalue weighted by Crippen LogP contribution is 2.54. The summed E-state index contributed by atoms with van der Waals surface area (Å²) in [7, 11) is 0. The van der Waals surface area contributed by atoms with E-state index in [2.05, 4.69) is 13.8 Å². The summed E-state index contributed by atoms with van der Waals surface area (Å²) < 4.78 is 10.6. The lowest BCUT2D eigenvalue weighted by atomic mass is 9.70. The first kappa shape index (κ1) is 32.2. The van der Waals surface area contributed by atoms with Gasteiger partial charge >= 0.3 is 11.9 Å². The number of esters is 2. The number of carbonyl (C=O) groups is 4. The van der Waals surface area contributed by atoms with Crippen molar-refractivity contribution in [3.8, 4) is 11.1 Å². The van der Waals surface area contributed by atoms with E-state index in [0.29, 0.717) is 36.8 Å². The van der Waals surface area contributed by atoms with Gasteiger partial charge in [0.1, 0.15) is 0 Å². The molecular weight excluding hydrogens is 516 g/mol. The van der Waals surface area contributed by atoms with Crippen LogP contribution in [0.1, 0.15) is 137 Å². The average molecular weight is 563 g/mol. The molecule has 222 valence electrons. The first-order chi connectivity index (χ1) is 19.8. The van der Waals surface area contributed by atoms with Crippen molar-refractivity contribution in [1.29, 1.82) is 0 Å². The molecular formula is C35H46O6. The topological polar surface area (TPSA) is 86.7 Å². The second-order valence-electron chi connectivity index (χ2n) is 11.0. The van der Waals surface area contributed by atoms with Crippen LogP contribution in [-0.2, 0) is 24.5 Å². The van der Waals surface area contributed by atoms with E-state index in [0.717, 1.165) is 60.8 Å². The van der Waals surface area contributed by atoms with E-state index in [-0.39, 0.29) is 49.6 Å². The fourth-order valence-electron chi connectivity index (χ4n) is 5.96. The largest absolute Gasteiger partial charge is 0.466 e. The molecule has 2 aromatic carbocycles. The van der Waals surface area contributed by atoms with Gasteiger partial charge < -0.3 is 9.47 Å². The molecule has 1 aliphatic carbocycles. The average Bonchev–Trinajstić information content (AvgIpc) is 3.24.